The van der Waals surface area contributed by atoms with Crippen molar-refractivity contribution in [2.24, 2.45) is 16.7 Å². The summed E-state index contributed by atoms with van der Waals surface area (Å²) < 4.78 is 32.7. The SMILES string of the molecule is CC1(C)[C@H]2CC[C@]1(CS(=O)(=O)[O-])C(=O)C2.N#Cc1ccccc1[N+]#N. The summed E-state index contributed by atoms with van der Waals surface area (Å²) in [6.45, 7) is 3.83. The fourth-order valence-corrected chi connectivity index (χ4v) is 5.35. The van der Waals surface area contributed by atoms with Crippen LogP contribution in [0, 0.1) is 33.5 Å². The number of rotatable bonds is 2. The zero-order valence-corrected chi connectivity index (χ0v) is 14.9. The number of Topliss-reactive ketones (excluding diaryl/α,β-unsaturated/α-hetero) is 1. The van der Waals surface area contributed by atoms with Crippen molar-refractivity contribution in [2.75, 3.05) is 5.75 Å². The van der Waals surface area contributed by atoms with E-state index >= 15 is 0 Å². The molecule has 1 aromatic rings. The summed E-state index contributed by atoms with van der Waals surface area (Å²) in [5, 5.41) is 16.8. The molecule has 2 saturated carbocycles. The average molecular weight is 361 g/mol. The molecule has 1 aromatic carbocycles. The Morgan fingerprint density at radius 1 is 1.36 bits per heavy atom. The normalized spacial score (nSPS) is 26.3. The summed E-state index contributed by atoms with van der Waals surface area (Å²) in [5.41, 5.74) is -0.533. The molecule has 2 fully saturated rings. The Morgan fingerprint density at radius 2 is 2.00 bits per heavy atom. The number of benzene rings is 1. The molecule has 2 bridgehead atoms. The van der Waals surface area contributed by atoms with Gasteiger partial charge in [-0.15, -0.1) is 0 Å². The molecule has 2 atom stereocenters. The Hall–Kier alpha value is -2.29. The maximum atomic E-state index is 11.8. The Kier molecular flexibility index (Phi) is 4.99. The van der Waals surface area contributed by atoms with E-state index in [0.717, 1.165) is 6.42 Å². The van der Waals surface area contributed by atoms with Gasteiger partial charge in [-0.05, 0) is 30.2 Å². The van der Waals surface area contributed by atoms with E-state index in [4.69, 9.17) is 10.7 Å². The number of diazo groups is 1. The standard InChI is InChI=1S/C10H16O4S.C7H4N3/c1-9(2)7-3-4-10(9,8(11)5-7)6-15(12,13)14;8-5-6-3-1-2-4-7(6)10-9/h7H,3-6H2,1-2H3,(H,12,13,14);1-4H/q;+1/p-1/t7-,10-;/m0./s1. The molecule has 0 amide bonds. The van der Waals surface area contributed by atoms with Gasteiger partial charge in [0.15, 0.2) is 4.98 Å². The Labute approximate surface area is 147 Å². The van der Waals surface area contributed by atoms with Crippen molar-refractivity contribution in [1.82, 2.24) is 0 Å². The zero-order chi connectivity index (χ0) is 18.9. The highest BCUT2D eigenvalue weighted by Gasteiger charge is 2.64. The molecular formula is C17H19N3O4S. The second-order valence-electron chi connectivity index (χ2n) is 7.10. The van der Waals surface area contributed by atoms with Crippen molar-refractivity contribution in [3.8, 4) is 6.07 Å². The van der Waals surface area contributed by atoms with Crippen LogP contribution in [0.1, 0.15) is 38.7 Å². The van der Waals surface area contributed by atoms with Crippen molar-refractivity contribution in [1.29, 1.82) is 10.7 Å². The molecule has 0 unspecified atom stereocenters. The Morgan fingerprint density at radius 3 is 2.40 bits per heavy atom. The molecule has 2 aliphatic carbocycles. The monoisotopic (exact) mass is 361 g/mol. The molecular weight excluding hydrogens is 342 g/mol. The minimum Gasteiger partial charge on any atom is -0.748 e. The lowest BCUT2D eigenvalue weighted by atomic mass is 9.70. The summed E-state index contributed by atoms with van der Waals surface area (Å²) in [5.74, 6) is -0.280. The highest BCUT2D eigenvalue weighted by molar-refractivity contribution is 7.85. The topological polar surface area (TPSA) is 126 Å². The number of hydrogen-bond acceptors (Lipinski definition) is 6. The van der Waals surface area contributed by atoms with E-state index in [1.54, 1.807) is 24.3 Å². The van der Waals surface area contributed by atoms with Crippen molar-refractivity contribution >= 4 is 21.6 Å². The zero-order valence-electron chi connectivity index (χ0n) is 14.1. The second kappa shape index (κ2) is 6.55. The van der Waals surface area contributed by atoms with E-state index in [9.17, 15) is 17.8 Å². The first kappa shape index (κ1) is 19.0. The predicted octanol–water partition coefficient (Wildman–Crippen LogP) is 2.97. The van der Waals surface area contributed by atoms with Gasteiger partial charge in [0.2, 0.25) is 5.39 Å². The van der Waals surface area contributed by atoms with Gasteiger partial charge < -0.3 is 4.55 Å². The van der Waals surface area contributed by atoms with Gasteiger partial charge in [-0.25, -0.2) is 8.42 Å². The first-order chi connectivity index (χ1) is 11.6. The van der Waals surface area contributed by atoms with Crippen molar-refractivity contribution in [2.45, 2.75) is 33.1 Å². The third kappa shape index (κ3) is 3.41. The molecule has 0 aromatic heterocycles. The number of nitrogens with zero attached hydrogens (tertiary/aromatic N) is 3. The first-order valence-corrected chi connectivity index (χ1v) is 9.46. The lowest BCUT2D eigenvalue weighted by Crippen LogP contribution is -2.42. The van der Waals surface area contributed by atoms with Crippen LogP contribution in [0.4, 0.5) is 5.69 Å². The summed E-state index contributed by atoms with van der Waals surface area (Å²) >= 11 is 0. The molecule has 25 heavy (non-hydrogen) atoms. The number of nitriles is 1. The molecule has 0 saturated heterocycles. The largest absolute Gasteiger partial charge is 0.748 e. The number of fused-ring (bicyclic) bond motifs is 2. The van der Waals surface area contributed by atoms with Gasteiger partial charge in [0, 0.05) is 17.9 Å². The summed E-state index contributed by atoms with van der Waals surface area (Å²) in [4.78, 5) is 14.8. The average Bonchev–Trinajstić information content (AvgIpc) is 2.88. The van der Waals surface area contributed by atoms with Gasteiger partial charge in [-0.2, -0.15) is 5.26 Å². The molecule has 2 aliphatic rings. The molecule has 0 spiro atoms. The van der Waals surface area contributed by atoms with Gasteiger partial charge in [0.1, 0.15) is 17.4 Å². The molecule has 7 nitrogen and oxygen atoms in total. The Balaban J connectivity index is 0.000000196. The van der Waals surface area contributed by atoms with Crippen LogP contribution < -0.4 is 0 Å². The quantitative estimate of drug-likeness (QED) is 0.588. The van der Waals surface area contributed by atoms with Gasteiger partial charge in [-0.1, -0.05) is 26.0 Å². The minimum atomic E-state index is -4.33. The van der Waals surface area contributed by atoms with Crippen molar-refractivity contribution < 1.29 is 17.8 Å². The fraction of sp³-hybridized carbons (Fsp3) is 0.529. The van der Waals surface area contributed by atoms with E-state index < -0.39 is 21.3 Å². The third-order valence-corrected chi connectivity index (χ3v) is 6.54. The number of hydrogen-bond donors (Lipinski definition) is 0. The van der Waals surface area contributed by atoms with E-state index in [1.807, 2.05) is 19.9 Å². The molecule has 0 aliphatic heterocycles. The summed E-state index contributed by atoms with van der Waals surface area (Å²) in [6.07, 6.45) is 1.88. The smallest absolute Gasteiger partial charge is 0.402 e. The van der Waals surface area contributed by atoms with Crippen LogP contribution in [-0.2, 0) is 14.9 Å². The highest BCUT2D eigenvalue weighted by atomic mass is 32.2. The molecule has 3 rings (SSSR count). The summed E-state index contributed by atoms with van der Waals surface area (Å²) in [6, 6.07) is 8.47. The number of carbonyl (C=O) groups is 1. The van der Waals surface area contributed by atoms with E-state index in [2.05, 4.69) is 4.98 Å². The lowest BCUT2D eigenvalue weighted by molar-refractivity contribution is -0.128. The maximum Gasteiger partial charge on any atom is 0.402 e. The van der Waals surface area contributed by atoms with E-state index in [-0.39, 0.29) is 17.1 Å². The number of carbonyl (C=O) groups excluding carboxylic acids is 1. The van der Waals surface area contributed by atoms with Gasteiger partial charge in [0.25, 0.3) is 0 Å². The number of ketones is 1. The van der Waals surface area contributed by atoms with Crippen LogP contribution in [0.2, 0.25) is 0 Å². The van der Waals surface area contributed by atoms with Crippen molar-refractivity contribution in [3.63, 3.8) is 0 Å². The van der Waals surface area contributed by atoms with Gasteiger partial charge in [-0.3, -0.25) is 4.79 Å². The van der Waals surface area contributed by atoms with Crippen LogP contribution in [0.15, 0.2) is 24.3 Å². The summed E-state index contributed by atoms with van der Waals surface area (Å²) in [7, 11) is -4.33. The first-order valence-electron chi connectivity index (χ1n) is 7.88. The minimum absolute atomic E-state index is 0.0248. The van der Waals surface area contributed by atoms with Crippen LogP contribution >= 0.6 is 0 Å². The van der Waals surface area contributed by atoms with Crippen molar-refractivity contribution in [3.05, 3.63) is 34.8 Å². The highest BCUT2D eigenvalue weighted by Crippen LogP contribution is 2.64. The second-order valence-corrected chi connectivity index (χ2v) is 8.50. The fourth-order valence-electron chi connectivity index (χ4n) is 4.07. The predicted molar refractivity (Wildman–Crippen MR) is 89.0 cm³/mol. The third-order valence-electron chi connectivity index (χ3n) is 5.69. The molecule has 8 heteroatoms. The van der Waals surface area contributed by atoms with E-state index in [1.165, 1.54) is 0 Å². The molecule has 132 valence electrons. The van der Waals surface area contributed by atoms with Gasteiger partial charge >= 0.3 is 5.69 Å². The van der Waals surface area contributed by atoms with Gasteiger partial charge in [0.05, 0.1) is 15.9 Å². The maximum absolute atomic E-state index is 11.8. The van der Waals surface area contributed by atoms with Crippen LogP contribution in [0.5, 0.6) is 0 Å². The van der Waals surface area contributed by atoms with Crippen LogP contribution in [-0.4, -0.2) is 24.5 Å². The molecule has 0 radical (unpaired) electrons. The van der Waals surface area contributed by atoms with E-state index in [0.29, 0.717) is 24.1 Å². The van der Waals surface area contributed by atoms with Crippen LogP contribution in [0.3, 0.4) is 0 Å². The van der Waals surface area contributed by atoms with Crippen LogP contribution in [0.25, 0.3) is 4.98 Å². The molecule has 0 heterocycles. The Bertz CT molecular complexity index is 847. The lowest BCUT2D eigenvalue weighted by Gasteiger charge is -2.37. The molecule has 0 N–H and O–H groups in total.